The van der Waals surface area contributed by atoms with Gasteiger partial charge >= 0.3 is 5.97 Å². The Morgan fingerprint density at radius 3 is 2.95 bits per heavy atom. The van der Waals surface area contributed by atoms with E-state index in [4.69, 9.17) is 9.52 Å². The molecule has 6 nitrogen and oxygen atoms in total. The standard InChI is InChI=1S/C13H8N2O4/c16-12-11(13(17)18)8(3-4-14-12)7-1-2-9-10(5-7)19-6-15-9/h1-6H,(H,14,16)(H,17,18). The SMILES string of the molecule is O=C(O)c1c(-c2ccc3ncoc3c2)cc[nH]c1=O. The molecule has 0 aliphatic carbocycles. The summed E-state index contributed by atoms with van der Waals surface area (Å²) in [6.45, 7) is 0. The third-order valence-electron chi connectivity index (χ3n) is 2.82. The third-order valence-corrected chi connectivity index (χ3v) is 2.82. The maximum Gasteiger partial charge on any atom is 0.341 e. The van der Waals surface area contributed by atoms with Gasteiger partial charge in [0.15, 0.2) is 12.0 Å². The zero-order valence-electron chi connectivity index (χ0n) is 9.58. The number of benzene rings is 1. The maximum atomic E-state index is 11.6. The van der Waals surface area contributed by atoms with Gasteiger partial charge in [0, 0.05) is 11.8 Å². The summed E-state index contributed by atoms with van der Waals surface area (Å²) >= 11 is 0. The fourth-order valence-electron chi connectivity index (χ4n) is 1.95. The number of aromatic carboxylic acids is 1. The number of H-pyrrole nitrogens is 1. The van der Waals surface area contributed by atoms with E-state index in [1.54, 1.807) is 24.3 Å². The minimum atomic E-state index is -1.27. The van der Waals surface area contributed by atoms with Crippen LogP contribution < -0.4 is 5.56 Å². The number of fused-ring (bicyclic) bond motifs is 1. The van der Waals surface area contributed by atoms with E-state index in [1.807, 2.05) is 0 Å². The number of carboxylic acid groups (broad SMARTS) is 1. The Bertz CT molecular complexity index is 832. The lowest BCUT2D eigenvalue weighted by molar-refractivity contribution is 0.0696. The van der Waals surface area contributed by atoms with Crippen LogP contribution >= 0.6 is 0 Å². The van der Waals surface area contributed by atoms with Gasteiger partial charge in [-0.25, -0.2) is 9.78 Å². The number of aromatic nitrogens is 2. The van der Waals surface area contributed by atoms with Gasteiger partial charge < -0.3 is 14.5 Å². The lowest BCUT2D eigenvalue weighted by Gasteiger charge is -2.04. The van der Waals surface area contributed by atoms with Crippen LogP contribution in [0.1, 0.15) is 10.4 Å². The summed E-state index contributed by atoms with van der Waals surface area (Å²) in [6, 6.07) is 6.61. The number of nitrogens with one attached hydrogen (secondary N) is 1. The summed E-state index contributed by atoms with van der Waals surface area (Å²) in [7, 11) is 0. The molecule has 19 heavy (non-hydrogen) atoms. The van der Waals surface area contributed by atoms with Gasteiger partial charge in [-0.3, -0.25) is 4.79 Å². The van der Waals surface area contributed by atoms with Crippen LogP contribution in [0.15, 0.2) is 46.1 Å². The largest absolute Gasteiger partial charge is 0.477 e. The normalized spacial score (nSPS) is 10.7. The number of rotatable bonds is 2. The van der Waals surface area contributed by atoms with Crippen molar-refractivity contribution in [3.05, 3.63) is 52.8 Å². The molecule has 0 saturated carbocycles. The zero-order chi connectivity index (χ0) is 13.4. The van der Waals surface area contributed by atoms with Crippen LogP contribution in [0.4, 0.5) is 0 Å². The maximum absolute atomic E-state index is 11.6. The molecule has 3 aromatic rings. The minimum absolute atomic E-state index is 0.290. The summed E-state index contributed by atoms with van der Waals surface area (Å²) in [6.07, 6.45) is 2.72. The van der Waals surface area contributed by atoms with Crippen LogP contribution in [0.2, 0.25) is 0 Å². The molecular weight excluding hydrogens is 248 g/mol. The Morgan fingerprint density at radius 1 is 1.32 bits per heavy atom. The molecule has 6 heteroatoms. The second kappa shape index (κ2) is 4.09. The number of pyridine rings is 1. The van der Waals surface area contributed by atoms with Crippen LogP contribution in [0.3, 0.4) is 0 Å². The Labute approximate surface area is 106 Å². The Balaban J connectivity index is 2.29. The summed E-state index contributed by atoms with van der Waals surface area (Å²) in [5.74, 6) is -1.27. The van der Waals surface area contributed by atoms with Gasteiger partial charge in [0.05, 0.1) is 0 Å². The monoisotopic (exact) mass is 256 g/mol. The summed E-state index contributed by atoms with van der Waals surface area (Å²) < 4.78 is 5.17. The van der Waals surface area contributed by atoms with E-state index in [2.05, 4.69) is 9.97 Å². The third kappa shape index (κ3) is 1.79. The lowest BCUT2D eigenvalue weighted by atomic mass is 10.0. The van der Waals surface area contributed by atoms with Crippen LogP contribution in [-0.2, 0) is 0 Å². The number of oxazole rings is 1. The van der Waals surface area contributed by atoms with Crippen LogP contribution in [-0.4, -0.2) is 21.0 Å². The highest BCUT2D eigenvalue weighted by Crippen LogP contribution is 2.25. The molecule has 0 radical (unpaired) electrons. The van der Waals surface area contributed by atoms with Gasteiger partial charge in [-0.2, -0.15) is 0 Å². The topological polar surface area (TPSA) is 96.2 Å². The van der Waals surface area contributed by atoms with Crippen molar-refractivity contribution in [2.75, 3.05) is 0 Å². The van der Waals surface area contributed by atoms with E-state index >= 15 is 0 Å². The first kappa shape index (κ1) is 11.2. The predicted molar refractivity (Wildman–Crippen MR) is 67.0 cm³/mol. The molecule has 94 valence electrons. The Morgan fingerprint density at radius 2 is 2.16 bits per heavy atom. The average molecular weight is 256 g/mol. The van der Waals surface area contributed by atoms with Crippen LogP contribution in [0.5, 0.6) is 0 Å². The van der Waals surface area contributed by atoms with E-state index in [1.165, 1.54) is 12.6 Å². The lowest BCUT2D eigenvalue weighted by Crippen LogP contribution is -2.18. The molecule has 0 unspecified atom stereocenters. The van der Waals surface area contributed by atoms with Crippen molar-refractivity contribution >= 4 is 17.1 Å². The predicted octanol–water partition coefficient (Wildman–Crippen LogP) is 1.88. The van der Waals surface area contributed by atoms with Crippen molar-refractivity contribution in [3.8, 4) is 11.1 Å². The highest BCUT2D eigenvalue weighted by atomic mass is 16.4. The van der Waals surface area contributed by atoms with Crippen molar-refractivity contribution in [2.24, 2.45) is 0 Å². The van der Waals surface area contributed by atoms with Gasteiger partial charge in [0.1, 0.15) is 11.1 Å². The molecular formula is C13H8N2O4. The van der Waals surface area contributed by atoms with E-state index in [0.717, 1.165) is 0 Å². The van der Waals surface area contributed by atoms with E-state index in [-0.39, 0.29) is 5.56 Å². The Hall–Kier alpha value is -2.89. The van der Waals surface area contributed by atoms with Gasteiger partial charge in [0.25, 0.3) is 5.56 Å². The number of carbonyl (C=O) groups is 1. The number of hydrogen-bond acceptors (Lipinski definition) is 4. The molecule has 1 aromatic carbocycles. The number of carboxylic acids is 1. The van der Waals surface area contributed by atoms with Crippen molar-refractivity contribution in [1.29, 1.82) is 0 Å². The second-order valence-electron chi connectivity index (χ2n) is 3.94. The molecule has 0 spiro atoms. The number of nitrogens with zero attached hydrogens (tertiary/aromatic N) is 1. The van der Waals surface area contributed by atoms with Crippen molar-refractivity contribution < 1.29 is 14.3 Å². The van der Waals surface area contributed by atoms with E-state index in [9.17, 15) is 9.59 Å². The second-order valence-corrected chi connectivity index (χ2v) is 3.94. The molecule has 3 rings (SSSR count). The van der Waals surface area contributed by atoms with E-state index < -0.39 is 11.5 Å². The molecule has 0 aliphatic heterocycles. The zero-order valence-corrected chi connectivity index (χ0v) is 9.58. The molecule has 2 aromatic heterocycles. The fourth-order valence-corrected chi connectivity index (χ4v) is 1.95. The average Bonchev–Trinajstić information content (AvgIpc) is 2.85. The van der Waals surface area contributed by atoms with Gasteiger partial charge in [-0.1, -0.05) is 6.07 Å². The van der Waals surface area contributed by atoms with Crippen LogP contribution in [0.25, 0.3) is 22.2 Å². The quantitative estimate of drug-likeness (QED) is 0.729. The Kier molecular flexibility index (Phi) is 2.42. The van der Waals surface area contributed by atoms with Crippen molar-refractivity contribution in [3.63, 3.8) is 0 Å². The molecule has 0 saturated heterocycles. The molecule has 0 atom stereocenters. The molecule has 0 bridgehead atoms. The smallest absolute Gasteiger partial charge is 0.341 e. The summed E-state index contributed by atoms with van der Waals surface area (Å²) in [5.41, 5.74) is 1.21. The molecule has 0 fully saturated rings. The van der Waals surface area contributed by atoms with Gasteiger partial charge in [0.2, 0.25) is 0 Å². The number of hydrogen-bond donors (Lipinski definition) is 2. The molecule has 0 aliphatic rings. The fraction of sp³-hybridized carbons (Fsp3) is 0. The van der Waals surface area contributed by atoms with Crippen molar-refractivity contribution in [1.82, 2.24) is 9.97 Å². The first-order chi connectivity index (χ1) is 9.16. The number of aromatic amines is 1. The highest BCUT2D eigenvalue weighted by Gasteiger charge is 2.16. The van der Waals surface area contributed by atoms with Crippen molar-refractivity contribution in [2.45, 2.75) is 0 Å². The first-order valence-corrected chi connectivity index (χ1v) is 5.45. The molecule has 0 amide bonds. The van der Waals surface area contributed by atoms with Gasteiger partial charge in [-0.15, -0.1) is 0 Å². The van der Waals surface area contributed by atoms with E-state index in [0.29, 0.717) is 22.2 Å². The molecule has 2 heterocycles. The van der Waals surface area contributed by atoms with Crippen LogP contribution in [0, 0.1) is 0 Å². The minimum Gasteiger partial charge on any atom is -0.477 e. The summed E-state index contributed by atoms with van der Waals surface area (Å²) in [4.78, 5) is 29.1. The highest BCUT2D eigenvalue weighted by molar-refractivity contribution is 5.96. The van der Waals surface area contributed by atoms with Gasteiger partial charge in [-0.05, 0) is 23.8 Å². The first-order valence-electron chi connectivity index (χ1n) is 5.45. The summed E-state index contributed by atoms with van der Waals surface area (Å²) in [5, 5.41) is 9.13. The molecule has 2 N–H and O–H groups in total.